The van der Waals surface area contributed by atoms with Crippen LogP contribution >= 0.6 is 12.4 Å². The van der Waals surface area contributed by atoms with Crippen molar-refractivity contribution in [1.29, 1.82) is 0 Å². The Labute approximate surface area is 137 Å². The molecule has 0 saturated carbocycles. The lowest BCUT2D eigenvalue weighted by Crippen LogP contribution is -2.51. The van der Waals surface area contributed by atoms with Crippen LogP contribution in [0.2, 0.25) is 0 Å². The van der Waals surface area contributed by atoms with Gasteiger partial charge >= 0.3 is 0 Å². The van der Waals surface area contributed by atoms with Crippen LogP contribution in [0.3, 0.4) is 0 Å². The molecule has 0 bridgehead atoms. The molecule has 0 spiro atoms. The van der Waals surface area contributed by atoms with Crippen LogP contribution in [0.4, 0.5) is 0 Å². The normalized spacial score (nSPS) is 17.5. The number of benzene rings is 1. The van der Waals surface area contributed by atoms with Gasteiger partial charge in [-0.1, -0.05) is 0 Å². The summed E-state index contributed by atoms with van der Waals surface area (Å²) >= 11 is 0. The van der Waals surface area contributed by atoms with Crippen LogP contribution in [-0.2, 0) is 0 Å². The van der Waals surface area contributed by atoms with Crippen LogP contribution in [0.5, 0.6) is 17.2 Å². The number of halogens is 1. The highest BCUT2D eigenvalue weighted by Gasteiger charge is 2.25. The standard InChI is InChI=1S/C15H22N2O4.ClH/c1-10-9-17(6-5-16-10)15(18)11-7-13(20-3)14(21-4)8-12(11)19-2;/h7-8,10,16H,5-6,9H2,1-4H3;1H. The predicted octanol–water partition coefficient (Wildman–Crippen LogP) is 1.57. The number of piperazine rings is 1. The maximum absolute atomic E-state index is 12.7. The first kappa shape index (κ1) is 18.4. The van der Waals surface area contributed by atoms with Gasteiger partial charge in [-0.25, -0.2) is 0 Å². The van der Waals surface area contributed by atoms with E-state index >= 15 is 0 Å². The molecule has 1 N–H and O–H groups in total. The van der Waals surface area contributed by atoms with Crippen LogP contribution in [-0.4, -0.2) is 57.8 Å². The average Bonchev–Trinajstić information content (AvgIpc) is 2.52. The maximum Gasteiger partial charge on any atom is 0.257 e. The van der Waals surface area contributed by atoms with E-state index in [4.69, 9.17) is 14.2 Å². The fourth-order valence-electron chi connectivity index (χ4n) is 2.48. The highest BCUT2D eigenvalue weighted by molar-refractivity contribution is 5.98. The maximum atomic E-state index is 12.7. The molecule has 1 fully saturated rings. The van der Waals surface area contributed by atoms with Gasteiger partial charge in [-0.05, 0) is 6.92 Å². The number of hydrogen-bond acceptors (Lipinski definition) is 5. The van der Waals surface area contributed by atoms with E-state index in [0.717, 1.165) is 6.54 Å². The monoisotopic (exact) mass is 330 g/mol. The predicted molar refractivity (Wildman–Crippen MR) is 86.7 cm³/mol. The average molecular weight is 331 g/mol. The smallest absolute Gasteiger partial charge is 0.257 e. The van der Waals surface area contributed by atoms with Crippen molar-refractivity contribution < 1.29 is 19.0 Å². The highest BCUT2D eigenvalue weighted by atomic mass is 35.5. The molecule has 1 amide bonds. The topological polar surface area (TPSA) is 60.0 Å². The van der Waals surface area contributed by atoms with Crippen molar-refractivity contribution in [1.82, 2.24) is 10.2 Å². The Hall–Kier alpha value is -1.66. The van der Waals surface area contributed by atoms with Crippen LogP contribution in [0, 0.1) is 0 Å². The van der Waals surface area contributed by atoms with Crippen LogP contribution in [0.25, 0.3) is 0 Å². The number of methoxy groups -OCH3 is 3. The Morgan fingerprint density at radius 1 is 1.14 bits per heavy atom. The first-order valence-corrected chi connectivity index (χ1v) is 6.93. The van der Waals surface area contributed by atoms with E-state index in [0.29, 0.717) is 35.9 Å². The number of carbonyl (C=O) groups excluding carboxylic acids is 1. The summed E-state index contributed by atoms with van der Waals surface area (Å²) in [5.74, 6) is 1.49. The second-order valence-electron chi connectivity index (χ2n) is 5.01. The molecule has 0 aliphatic carbocycles. The Morgan fingerprint density at radius 3 is 2.27 bits per heavy atom. The zero-order chi connectivity index (χ0) is 15.4. The molecule has 6 nitrogen and oxygen atoms in total. The molecular formula is C15H23ClN2O4. The van der Waals surface area contributed by atoms with E-state index in [1.54, 1.807) is 33.5 Å². The summed E-state index contributed by atoms with van der Waals surface area (Å²) in [4.78, 5) is 14.5. The van der Waals surface area contributed by atoms with Gasteiger partial charge in [0.1, 0.15) is 5.75 Å². The number of ether oxygens (including phenoxy) is 3. The Morgan fingerprint density at radius 2 is 1.73 bits per heavy atom. The van der Waals surface area contributed by atoms with Crippen molar-refractivity contribution in [3.63, 3.8) is 0 Å². The number of nitrogens with one attached hydrogen (secondary N) is 1. The van der Waals surface area contributed by atoms with Crippen LogP contribution in [0.15, 0.2) is 12.1 Å². The molecular weight excluding hydrogens is 308 g/mol. The number of hydrogen-bond donors (Lipinski definition) is 1. The van der Waals surface area contributed by atoms with Crippen molar-refractivity contribution in [2.45, 2.75) is 13.0 Å². The van der Waals surface area contributed by atoms with E-state index in [9.17, 15) is 4.79 Å². The van der Waals surface area contributed by atoms with Gasteiger partial charge in [0.25, 0.3) is 5.91 Å². The Balaban J connectivity index is 0.00000242. The van der Waals surface area contributed by atoms with Gasteiger partial charge in [0, 0.05) is 37.8 Å². The highest BCUT2D eigenvalue weighted by Crippen LogP contribution is 2.35. The van der Waals surface area contributed by atoms with Gasteiger partial charge in [0.2, 0.25) is 0 Å². The minimum atomic E-state index is -0.0545. The molecule has 1 heterocycles. The second-order valence-corrected chi connectivity index (χ2v) is 5.01. The fourth-order valence-corrected chi connectivity index (χ4v) is 2.48. The first-order valence-electron chi connectivity index (χ1n) is 6.93. The van der Waals surface area contributed by atoms with E-state index < -0.39 is 0 Å². The fraction of sp³-hybridized carbons (Fsp3) is 0.533. The molecule has 1 aromatic carbocycles. The van der Waals surface area contributed by atoms with Crippen molar-refractivity contribution in [2.75, 3.05) is 41.0 Å². The molecule has 0 aromatic heterocycles. The minimum absolute atomic E-state index is 0. The molecule has 124 valence electrons. The van der Waals surface area contributed by atoms with Gasteiger partial charge in [-0.3, -0.25) is 4.79 Å². The van der Waals surface area contributed by atoms with Gasteiger partial charge in [0.15, 0.2) is 11.5 Å². The quantitative estimate of drug-likeness (QED) is 0.908. The largest absolute Gasteiger partial charge is 0.496 e. The van der Waals surface area contributed by atoms with Crippen molar-refractivity contribution in [2.24, 2.45) is 0 Å². The third-order valence-corrected chi connectivity index (χ3v) is 3.59. The Bertz CT molecular complexity index is 525. The van der Waals surface area contributed by atoms with Gasteiger partial charge in [-0.15, -0.1) is 12.4 Å². The zero-order valence-electron chi connectivity index (χ0n) is 13.3. The molecule has 1 aliphatic rings. The number of rotatable bonds is 4. The second kappa shape index (κ2) is 8.10. The van der Waals surface area contributed by atoms with Gasteiger partial charge in [-0.2, -0.15) is 0 Å². The van der Waals surface area contributed by atoms with Crippen LogP contribution in [0.1, 0.15) is 17.3 Å². The summed E-state index contributed by atoms with van der Waals surface area (Å²) in [5.41, 5.74) is 0.490. The third-order valence-electron chi connectivity index (χ3n) is 3.59. The third kappa shape index (κ3) is 3.75. The SMILES string of the molecule is COc1cc(OC)c(C(=O)N2CCNC(C)C2)cc1OC.Cl. The van der Waals surface area contributed by atoms with E-state index in [-0.39, 0.29) is 24.4 Å². The lowest BCUT2D eigenvalue weighted by molar-refractivity contribution is 0.0705. The first-order chi connectivity index (χ1) is 10.1. The summed E-state index contributed by atoms with van der Waals surface area (Å²) in [6, 6.07) is 3.64. The molecule has 1 aliphatic heterocycles. The van der Waals surface area contributed by atoms with Crippen molar-refractivity contribution in [3.8, 4) is 17.2 Å². The summed E-state index contributed by atoms with van der Waals surface area (Å²) in [6.45, 7) is 4.21. The molecule has 1 atom stereocenters. The van der Waals surface area contributed by atoms with E-state index in [1.807, 2.05) is 4.90 Å². The van der Waals surface area contributed by atoms with E-state index in [1.165, 1.54) is 0 Å². The lowest BCUT2D eigenvalue weighted by atomic mass is 10.1. The van der Waals surface area contributed by atoms with Gasteiger partial charge in [0.05, 0.1) is 26.9 Å². The number of amides is 1. The summed E-state index contributed by atoms with van der Waals surface area (Å²) in [5, 5.41) is 3.32. The molecule has 1 aromatic rings. The molecule has 7 heteroatoms. The van der Waals surface area contributed by atoms with Crippen molar-refractivity contribution in [3.05, 3.63) is 17.7 Å². The molecule has 22 heavy (non-hydrogen) atoms. The lowest BCUT2D eigenvalue weighted by Gasteiger charge is -2.32. The summed E-state index contributed by atoms with van der Waals surface area (Å²) < 4.78 is 15.8. The van der Waals surface area contributed by atoms with Crippen LogP contribution < -0.4 is 19.5 Å². The van der Waals surface area contributed by atoms with Crippen molar-refractivity contribution >= 4 is 18.3 Å². The molecule has 0 radical (unpaired) electrons. The summed E-state index contributed by atoms with van der Waals surface area (Å²) in [6.07, 6.45) is 0. The number of carbonyl (C=O) groups is 1. The molecule has 1 unspecified atom stereocenters. The number of nitrogens with zero attached hydrogens (tertiary/aromatic N) is 1. The molecule has 2 rings (SSSR count). The van der Waals surface area contributed by atoms with Gasteiger partial charge < -0.3 is 24.4 Å². The van der Waals surface area contributed by atoms with E-state index in [2.05, 4.69) is 12.2 Å². The molecule has 1 saturated heterocycles. The zero-order valence-corrected chi connectivity index (χ0v) is 14.2. The minimum Gasteiger partial charge on any atom is -0.496 e. The summed E-state index contributed by atoms with van der Waals surface area (Å²) in [7, 11) is 4.64. The Kier molecular flexibility index (Phi) is 6.77.